The quantitative estimate of drug-likeness (QED) is 0.194. The Hall–Kier alpha value is -4.46. The van der Waals surface area contributed by atoms with Gasteiger partial charge in [0.15, 0.2) is 0 Å². The van der Waals surface area contributed by atoms with Gasteiger partial charge in [0, 0.05) is 24.0 Å². The van der Waals surface area contributed by atoms with E-state index in [0.29, 0.717) is 34.9 Å². The second-order valence-corrected chi connectivity index (χ2v) is 12.5. The van der Waals surface area contributed by atoms with Crippen molar-refractivity contribution < 1.29 is 13.2 Å². The van der Waals surface area contributed by atoms with E-state index in [-0.39, 0.29) is 17.3 Å². The van der Waals surface area contributed by atoms with Gasteiger partial charge in [-0.05, 0) is 65.9 Å². The molecule has 0 spiro atoms. The molecule has 8 nitrogen and oxygen atoms in total. The number of sulfonamides is 1. The van der Waals surface area contributed by atoms with Gasteiger partial charge in [0.05, 0.1) is 45.7 Å². The second kappa shape index (κ2) is 12.4. The third-order valence-electron chi connectivity index (χ3n) is 6.70. The van der Waals surface area contributed by atoms with Crippen LogP contribution in [0.2, 0.25) is 0 Å². The molecule has 0 radical (unpaired) electrons. The molecule has 0 bridgehead atoms. The number of aromatic nitrogens is 2. The van der Waals surface area contributed by atoms with Crippen molar-refractivity contribution in [2.75, 3.05) is 10.8 Å². The first-order valence-corrected chi connectivity index (χ1v) is 15.5. The smallest absolute Gasteiger partial charge is 0.264 e. The lowest BCUT2D eigenvalue weighted by atomic mass is 10.1. The van der Waals surface area contributed by atoms with Gasteiger partial charge < -0.3 is 9.88 Å². The molecule has 2 aromatic heterocycles. The molecular formula is C31H29N5O3S2. The third-order valence-corrected chi connectivity index (χ3v) is 9.60. The van der Waals surface area contributed by atoms with Gasteiger partial charge in [-0.1, -0.05) is 43.7 Å². The van der Waals surface area contributed by atoms with Crippen LogP contribution in [0.25, 0.3) is 10.1 Å². The van der Waals surface area contributed by atoms with E-state index in [1.54, 1.807) is 61.1 Å². The highest BCUT2D eigenvalue weighted by atomic mass is 32.2. The highest BCUT2D eigenvalue weighted by Crippen LogP contribution is 2.33. The summed E-state index contributed by atoms with van der Waals surface area (Å²) < 4.78 is 32.2. The van der Waals surface area contributed by atoms with Crippen molar-refractivity contribution in [3.8, 4) is 6.07 Å². The van der Waals surface area contributed by atoms with Crippen LogP contribution in [0.4, 0.5) is 5.69 Å². The van der Waals surface area contributed by atoms with E-state index in [0.717, 1.165) is 28.5 Å². The van der Waals surface area contributed by atoms with E-state index in [4.69, 9.17) is 5.26 Å². The normalized spacial score (nSPS) is 11.3. The molecule has 10 heteroatoms. The summed E-state index contributed by atoms with van der Waals surface area (Å²) in [5.41, 5.74) is 2.73. The molecule has 5 rings (SSSR count). The minimum atomic E-state index is -3.94. The van der Waals surface area contributed by atoms with Crippen LogP contribution in [0.15, 0.2) is 96.3 Å². The molecule has 1 amide bonds. The third kappa shape index (κ3) is 6.32. The lowest BCUT2D eigenvalue weighted by Crippen LogP contribution is -2.31. The maximum Gasteiger partial charge on any atom is 0.264 e. The number of benzene rings is 3. The predicted molar refractivity (Wildman–Crippen MR) is 161 cm³/mol. The monoisotopic (exact) mass is 583 g/mol. The molecule has 0 unspecified atom stereocenters. The molecule has 0 atom stereocenters. The summed E-state index contributed by atoms with van der Waals surface area (Å²) in [6.45, 7) is 3.21. The highest BCUT2D eigenvalue weighted by Gasteiger charge is 2.27. The summed E-state index contributed by atoms with van der Waals surface area (Å²) in [6, 6.07) is 25.0. The van der Waals surface area contributed by atoms with Crippen LogP contribution >= 0.6 is 11.3 Å². The molecule has 0 aliphatic rings. The SMILES string of the molecule is CCCCNC(=O)c1cc2cc(N(Cc3cncn3Cc3ccc(C#N)cc3)S(=O)(=O)c3ccccc3)ccc2s1. The van der Waals surface area contributed by atoms with Gasteiger partial charge in [0.2, 0.25) is 0 Å². The van der Waals surface area contributed by atoms with Gasteiger partial charge in [0.25, 0.3) is 15.9 Å². The number of imidazole rings is 1. The fourth-order valence-corrected chi connectivity index (χ4v) is 6.86. The highest BCUT2D eigenvalue weighted by molar-refractivity contribution is 7.92. The molecular weight excluding hydrogens is 555 g/mol. The number of nitriles is 1. The molecule has 5 aromatic rings. The summed E-state index contributed by atoms with van der Waals surface area (Å²) in [4.78, 5) is 17.7. The van der Waals surface area contributed by atoms with E-state index >= 15 is 0 Å². The number of anilines is 1. The molecule has 0 saturated carbocycles. The van der Waals surface area contributed by atoms with Crippen molar-refractivity contribution in [2.24, 2.45) is 0 Å². The van der Waals surface area contributed by atoms with Crippen molar-refractivity contribution in [3.63, 3.8) is 0 Å². The molecule has 2 heterocycles. The zero-order valence-corrected chi connectivity index (χ0v) is 24.2. The number of amides is 1. The number of hydrogen-bond donors (Lipinski definition) is 1. The maximum absolute atomic E-state index is 14.0. The Morgan fingerprint density at radius 1 is 1.07 bits per heavy atom. The Kier molecular flexibility index (Phi) is 8.47. The van der Waals surface area contributed by atoms with Crippen molar-refractivity contribution >= 4 is 43.0 Å². The Morgan fingerprint density at radius 2 is 1.85 bits per heavy atom. The van der Waals surface area contributed by atoms with Crippen molar-refractivity contribution in [3.05, 3.63) is 113 Å². The van der Waals surface area contributed by atoms with Gasteiger partial charge in [-0.15, -0.1) is 11.3 Å². The standard InChI is InChI=1S/C31H29N5O3S2/c1-2-3-15-34-31(37)30-17-25-16-26(13-14-29(25)40-30)36(41(38,39)28-7-5-4-6-8-28)21-27-19-33-22-35(27)20-24-11-9-23(18-32)10-12-24/h4-14,16-17,19,22H,2-3,15,20-21H2,1H3,(H,34,37). The fourth-order valence-electron chi connectivity index (χ4n) is 4.45. The lowest BCUT2D eigenvalue weighted by molar-refractivity contribution is 0.0957. The zero-order chi connectivity index (χ0) is 28.8. The van der Waals surface area contributed by atoms with Crippen molar-refractivity contribution in [2.45, 2.75) is 37.8 Å². The molecule has 3 aromatic carbocycles. The number of thiophene rings is 1. The first-order chi connectivity index (χ1) is 19.9. The Balaban J connectivity index is 1.49. The average Bonchev–Trinajstić information content (AvgIpc) is 3.63. The van der Waals surface area contributed by atoms with Gasteiger partial charge in [-0.2, -0.15) is 5.26 Å². The van der Waals surface area contributed by atoms with Crippen LogP contribution in [-0.2, 0) is 23.1 Å². The van der Waals surface area contributed by atoms with Gasteiger partial charge in [-0.3, -0.25) is 9.10 Å². The molecule has 0 fully saturated rings. The topological polar surface area (TPSA) is 108 Å². The van der Waals surface area contributed by atoms with Crippen molar-refractivity contribution in [1.29, 1.82) is 5.26 Å². The Morgan fingerprint density at radius 3 is 2.59 bits per heavy atom. The zero-order valence-electron chi connectivity index (χ0n) is 22.5. The summed E-state index contributed by atoms with van der Waals surface area (Å²) >= 11 is 1.39. The largest absolute Gasteiger partial charge is 0.351 e. The number of nitrogens with one attached hydrogen (secondary N) is 1. The van der Waals surface area contributed by atoms with Gasteiger partial charge >= 0.3 is 0 Å². The van der Waals surface area contributed by atoms with E-state index in [1.807, 2.05) is 34.9 Å². The number of nitrogens with zero attached hydrogens (tertiary/aromatic N) is 4. The lowest BCUT2D eigenvalue weighted by Gasteiger charge is -2.25. The molecule has 1 N–H and O–H groups in total. The number of carbonyl (C=O) groups excluding carboxylic acids is 1. The van der Waals surface area contributed by atoms with Crippen LogP contribution in [0.5, 0.6) is 0 Å². The number of hydrogen-bond acceptors (Lipinski definition) is 6. The minimum absolute atomic E-state index is 0.0491. The molecule has 0 aliphatic heterocycles. The van der Waals surface area contributed by atoms with Gasteiger partial charge in [-0.25, -0.2) is 13.4 Å². The fraction of sp³-hybridized carbons (Fsp3) is 0.194. The molecule has 41 heavy (non-hydrogen) atoms. The van der Waals surface area contributed by atoms with Gasteiger partial charge in [0.1, 0.15) is 0 Å². The Labute approximate surface area is 243 Å². The minimum Gasteiger partial charge on any atom is -0.351 e. The molecule has 208 valence electrons. The Bertz CT molecular complexity index is 1800. The number of rotatable bonds is 11. The maximum atomic E-state index is 14.0. The first kappa shape index (κ1) is 28.1. The average molecular weight is 584 g/mol. The number of fused-ring (bicyclic) bond motifs is 1. The van der Waals surface area contributed by atoms with Crippen LogP contribution < -0.4 is 9.62 Å². The van der Waals surface area contributed by atoms with Crippen LogP contribution in [-0.4, -0.2) is 30.4 Å². The summed E-state index contributed by atoms with van der Waals surface area (Å²) in [5, 5.41) is 12.8. The summed E-state index contributed by atoms with van der Waals surface area (Å²) in [6.07, 6.45) is 5.24. The van der Waals surface area contributed by atoms with Crippen LogP contribution in [0.1, 0.15) is 46.3 Å². The molecule has 0 saturated heterocycles. The van der Waals surface area contributed by atoms with E-state index < -0.39 is 10.0 Å². The second-order valence-electron chi connectivity index (χ2n) is 9.59. The number of unbranched alkanes of at least 4 members (excludes halogenated alkanes) is 1. The van der Waals surface area contributed by atoms with Crippen LogP contribution in [0, 0.1) is 11.3 Å². The van der Waals surface area contributed by atoms with E-state index in [9.17, 15) is 13.2 Å². The molecule has 0 aliphatic carbocycles. The van der Waals surface area contributed by atoms with E-state index in [1.165, 1.54) is 15.6 Å². The first-order valence-electron chi connectivity index (χ1n) is 13.3. The van der Waals surface area contributed by atoms with E-state index in [2.05, 4.69) is 23.3 Å². The summed E-state index contributed by atoms with van der Waals surface area (Å²) in [7, 11) is -3.94. The number of carbonyl (C=O) groups is 1. The van der Waals surface area contributed by atoms with Crippen molar-refractivity contribution in [1.82, 2.24) is 14.9 Å². The summed E-state index contributed by atoms with van der Waals surface area (Å²) in [5.74, 6) is -0.123. The predicted octanol–water partition coefficient (Wildman–Crippen LogP) is 5.94. The van der Waals surface area contributed by atoms with Crippen LogP contribution in [0.3, 0.4) is 0 Å².